The molecular weight excluding hydrogens is 519 g/mol. The molecule has 3 aromatic carbocycles. The molecule has 0 aliphatic carbocycles. The zero-order valence-electron chi connectivity index (χ0n) is 17.3. The molecule has 1 aromatic heterocycles. The second kappa shape index (κ2) is 10.9. The van der Waals surface area contributed by atoms with Crippen LogP contribution in [0, 0.1) is 0 Å². The smallest absolute Gasteiger partial charge is 0.355 e. The highest BCUT2D eigenvalue weighted by Crippen LogP contribution is 2.36. The van der Waals surface area contributed by atoms with E-state index in [1.165, 1.54) is 17.6 Å². The molecule has 1 heterocycles. The highest BCUT2D eigenvalue weighted by molar-refractivity contribution is 7.21. The molecule has 34 heavy (non-hydrogen) atoms. The topological polar surface area (TPSA) is 77.0 Å². The summed E-state index contributed by atoms with van der Waals surface area (Å²) in [6.45, 7) is -0.321. The molecule has 0 saturated carbocycles. The van der Waals surface area contributed by atoms with Crippen LogP contribution in [0.5, 0.6) is 11.5 Å². The van der Waals surface area contributed by atoms with Gasteiger partial charge in [-0.3, -0.25) is 4.79 Å². The molecule has 0 radical (unpaired) electrons. The predicted molar refractivity (Wildman–Crippen MR) is 136 cm³/mol. The summed E-state index contributed by atoms with van der Waals surface area (Å²) in [7, 11) is 0. The molecule has 4 aromatic rings. The number of amides is 1. The van der Waals surface area contributed by atoms with Crippen molar-refractivity contribution in [1.29, 1.82) is 0 Å². The van der Waals surface area contributed by atoms with Crippen molar-refractivity contribution in [3.8, 4) is 11.5 Å². The molecule has 0 unspecified atom stereocenters. The Morgan fingerprint density at radius 3 is 2.47 bits per heavy atom. The molecule has 0 aliphatic rings. The molecule has 1 N–H and O–H groups in total. The molecule has 1 amide bonds. The Morgan fingerprint density at radius 1 is 0.912 bits per heavy atom. The van der Waals surface area contributed by atoms with Crippen molar-refractivity contribution in [1.82, 2.24) is 5.43 Å². The van der Waals surface area contributed by atoms with Crippen molar-refractivity contribution in [2.24, 2.45) is 5.10 Å². The van der Waals surface area contributed by atoms with Crippen LogP contribution in [-0.2, 0) is 4.79 Å². The Bertz CT molecular complexity index is 1400. The van der Waals surface area contributed by atoms with Crippen molar-refractivity contribution in [3.05, 3.63) is 92.2 Å². The molecule has 10 heteroatoms. The van der Waals surface area contributed by atoms with Gasteiger partial charge in [0, 0.05) is 15.6 Å². The Labute approximate surface area is 213 Å². The van der Waals surface area contributed by atoms with E-state index in [0.717, 1.165) is 10.1 Å². The number of para-hydroxylation sites is 1. The van der Waals surface area contributed by atoms with E-state index in [0.29, 0.717) is 20.5 Å². The van der Waals surface area contributed by atoms with Crippen molar-refractivity contribution in [3.63, 3.8) is 0 Å². The highest BCUT2D eigenvalue weighted by Gasteiger charge is 2.19. The molecule has 0 spiro atoms. The van der Waals surface area contributed by atoms with Crippen LogP contribution in [-0.4, -0.2) is 24.7 Å². The van der Waals surface area contributed by atoms with Crippen LogP contribution in [0.3, 0.4) is 0 Å². The fourth-order valence-electron chi connectivity index (χ4n) is 2.92. The third kappa shape index (κ3) is 5.51. The van der Waals surface area contributed by atoms with Gasteiger partial charge in [0.05, 0.1) is 16.3 Å². The average Bonchev–Trinajstić information content (AvgIpc) is 3.18. The van der Waals surface area contributed by atoms with Gasteiger partial charge in [-0.15, -0.1) is 11.3 Å². The van der Waals surface area contributed by atoms with E-state index in [9.17, 15) is 9.59 Å². The number of hydrogen-bond donors (Lipinski definition) is 1. The molecule has 0 fully saturated rings. The number of carbonyl (C=O) groups is 2. The number of benzene rings is 3. The highest BCUT2D eigenvalue weighted by atomic mass is 35.5. The SMILES string of the molecule is O=C(COc1cccc(Cl)c1Cl)N/N=C\c1ccccc1OC(=O)c1sc2ccccc2c1Cl. The molecule has 0 atom stereocenters. The first kappa shape index (κ1) is 24.0. The van der Waals surface area contributed by atoms with Crippen LogP contribution in [0.2, 0.25) is 15.1 Å². The van der Waals surface area contributed by atoms with E-state index in [1.807, 2.05) is 24.3 Å². The first-order valence-corrected chi connectivity index (χ1v) is 11.8. The Kier molecular flexibility index (Phi) is 7.70. The Balaban J connectivity index is 1.40. The van der Waals surface area contributed by atoms with Gasteiger partial charge in [-0.05, 0) is 30.3 Å². The van der Waals surface area contributed by atoms with Gasteiger partial charge in [0.25, 0.3) is 5.91 Å². The number of carbonyl (C=O) groups excluding carboxylic acids is 2. The third-order valence-electron chi connectivity index (χ3n) is 4.51. The van der Waals surface area contributed by atoms with Crippen molar-refractivity contribution in [2.75, 3.05) is 6.61 Å². The van der Waals surface area contributed by atoms with E-state index >= 15 is 0 Å². The van der Waals surface area contributed by atoms with Crippen LogP contribution >= 0.6 is 46.1 Å². The summed E-state index contributed by atoms with van der Waals surface area (Å²) >= 11 is 19.6. The lowest BCUT2D eigenvalue weighted by atomic mass is 10.2. The maximum atomic E-state index is 12.8. The number of esters is 1. The minimum Gasteiger partial charge on any atom is -0.482 e. The number of hydrogen-bond acceptors (Lipinski definition) is 6. The Morgan fingerprint density at radius 2 is 1.65 bits per heavy atom. The van der Waals surface area contributed by atoms with E-state index < -0.39 is 11.9 Å². The van der Waals surface area contributed by atoms with Crippen molar-refractivity contribution >= 4 is 74.3 Å². The molecular formula is C24H15Cl3N2O4S. The number of thiophene rings is 1. The minimum absolute atomic E-state index is 0.218. The average molecular weight is 534 g/mol. The van der Waals surface area contributed by atoms with E-state index in [2.05, 4.69) is 10.5 Å². The van der Waals surface area contributed by atoms with Gasteiger partial charge in [0.1, 0.15) is 21.4 Å². The van der Waals surface area contributed by atoms with Crippen molar-refractivity contribution < 1.29 is 19.1 Å². The van der Waals surface area contributed by atoms with Gasteiger partial charge >= 0.3 is 5.97 Å². The predicted octanol–water partition coefficient (Wildman–Crippen LogP) is 6.61. The van der Waals surface area contributed by atoms with Crippen LogP contribution in [0.1, 0.15) is 15.2 Å². The number of nitrogens with zero attached hydrogens (tertiary/aromatic N) is 1. The van der Waals surface area contributed by atoms with Gasteiger partial charge in [-0.25, -0.2) is 10.2 Å². The summed E-state index contributed by atoms with van der Waals surface area (Å²) in [5.41, 5.74) is 2.82. The standard InChI is InChI=1S/C24H15Cl3N2O4S/c25-16-8-5-10-18(22(16)27)32-13-20(30)29-28-12-14-6-1-3-9-17(14)33-24(31)23-21(26)15-7-2-4-11-19(15)34-23/h1-12H,13H2,(H,29,30)/b28-12-. The number of ether oxygens (including phenoxy) is 2. The first-order valence-electron chi connectivity index (χ1n) is 9.81. The van der Waals surface area contributed by atoms with Gasteiger partial charge < -0.3 is 9.47 Å². The molecule has 6 nitrogen and oxygen atoms in total. The lowest BCUT2D eigenvalue weighted by molar-refractivity contribution is -0.123. The summed E-state index contributed by atoms with van der Waals surface area (Å²) in [5.74, 6) is -0.548. The lowest BCUT2D eigenvalue weighted by Crippen LogP contribution is -2.24. The van der Waals surface area contributed by atoms with Gasteiger partial charge in [0.15, 0.2) is 6.61 Å². The monoisotopic (exact) mass is 532 g/mol. The van der Waals surface area contributed by atoms with Crippen LogP contribution in [0.15, 0.2) is 71.8 Å². The number of hydrazone groups is 1. The van der Waals surface area contributed by atoms with Gasteiger partial charge in [0.2, 0.25) is 0 Å². The fraction of sp³-hybridized carbons (Fsp3) is 0.0417. The van der Waals surface area contributed by atoms with Crippen molar-refractivity contribution in [2.45, 2.75) is 0 Å². The van der Waals surface area contributed by atoms with E-state index in [1.54, 1.807) is 42.5 Å². The van der Waals surface area contributed by atoms with E-state index in [-0.39, 0.29) is 23.1 Å². The summed E-state index contributed by atoms with van der Waals surface area (Å²) in [5, 5.41) is 5.59. The zero-order chi connectivity index (χ0) is 24.1. The lowest BCUT2D eigenvalue weighted by Gasteiger charge is -2.08. The second-order valence-corrected chi connectivity index (χ2v) is 9.02. The number of halogens is 3. The summed E-state index contributed by atoms with van der Waals surface area (Å²) in [6, 6.07) is 19.1. The fourth-order valence-corrected chi connectivity index (χ4v) is 4.65. The molecule has 0 saturated heterocycles. The number of rotatable bonds is 7. The zero-order valence-corrected chi connectivity index (χ0v) is 20.3. The van der Waals surface area contributed by atoms with Crippen LogP contribution in [0.4, 0.5) is 0 Å². The molecule has 172 valence electrons. The molecule has 4 rings (SSSR count). The largest absolute Gasteiger partial charge is 0.482 e. The van der Waals surface area contributed by atoms with Gasteiger partial charge in [-0.1, -0.05) is 71.2 Å². The third-order valence-corrected chi connectivity index (χ3v) is 6.97. The summed E-state index contributed by atoms with van der Waals surface area (Å²) in [4.78, 5) is 25.1. The maximum absolute atomic E-state index is 12.8. The Hall–Kier alpha value is -3.10. The van der Waals surface area contributed by atoms with Crippen LogP contribution in [0.25, 0.3) is 10.1 Å². The van der Waals surface area contributed by atoms with Crippen LogP contribution < -0.4 is 14.9 Å². The van der Waals surface area contributed by atoms with E-state index in [4.69, 9.17) is 44.3 Å². The normalized spacial score (nSPS) is 11.0. The second-order valence-electron chi connectivity index (χ2n) is 6.80. The number of nitrogens with one attached hydrogen (secondary N) is 1. The summed E-state index contributed by atoms with van der Waals surface area (Å²) in [6.07, 6.45) is 1.36. The maximum Gasteiger partial charge on any atom is 0.355 e. The minimum atomic E-state index is -0.581. The summed E-state index contributed by atoms with van der Waals surface area (Å²) < 4.78 is 11.8. The number of fused-ring (bicyclic) bond motifs is 1. The van der Waals surface area contributed by atoms with Gasteiger partial charge in [-0.2, -0.15) is 5.10 Å². The molecule has 0 bridgehead atoms. The first-order chi connectivity index (χ1) is 16.4. The quantitative estimate of drug-likeness (QED) is 0.125. The molecule has 0 aliphatic heterocycles.